The molecule has 8 heteroatoms. The number of ether oxygens (including phenoxy) is 1. The molecule has 1 N–H and O–H groups in total. The Labute approximate surface area is 176 Å². The van der Waals surface area contributed by atoms with Gasteiger partial charge in [0, 0.05) is 25.2 Å². The molecule has 0 spiro atoms. The number of rotatable bonds is 7. The molecule has 1 amide bonds. The van der Waals surface area contributed by atoms with Gasteiger partial charge in [-0.2, -0.15) is 0 Å². The monoisotopic (exact) mass is 413 g/mol. The quantitative estimate of drug-likeness (QED) is 0.418. The SMILES string of the molecule is CNc1ccc(C(=O)O[C@H](C)C(=O)N(Cc2ccccc2)C(C)(C)C)cc1[N+](=O)[O-]. The number of nitrogens with one attached hydrogen (secondary N) is 1. The van der Waals surface area contributed by atoms with Crippen molar-refractivity contribution in [1.82, 2.24) is 4.90 Å². The zero-order valence-electron chi connectivity index (χ0n) is 17.8. The molecule has 0 radical (unpaired) electrons. The highest BCUT2D eigenvalue weighted by Gasteiger charge is 2.32. The van der Waals surface area contributed by atoms with E-state index in [1.54, 1.807) is 11.9 Å². The summed E-state index contributed by atoms with van der Waals surface area (Å²) in [5.74, 6) is -1.14. The lowest BCUT2D eigenvalue weighted by Gasteiger charge is -2.37. The van der Waals surface area contributed by atoms with Crippen molar-refractivity contribution in [1.29, 1.82) is 0 Å². The van der Waals surface area contributed by atoms with E-state index in [-0.39, 0.29) is 22.8 Å². The third-order valence-corrected chi connectivity index (χ3v) is 4.59. The van der Waals surface area contributed by atoms with E-state index in [0.717, 1.165) is 11.6 Å². The van der Waals surface area contributed by atoms with Crippen LogP contribution < -0.4 is 5.32 Å². The number of hydrogen-bond acceptors (Lipinski definition) is 6. The van der Waals surface area contributed by atoms with E-state index in [1.165, 1.54) is 19.1 Å². The van der Waals surface area contributed by atoms with Crippen LogP contribution in [0.25, 0.3) is 0 Å². The molecule has 0 saturated carbocycles. The predicted molar refractivity (Wildman–Crippen MR) is 114 cm³/mol. The topological polar surface area (TPSA) is 102 Å². The molecule has 2 aromatic rings. The Morgan fingerprint density at radius 2 is 1.80 bits per heavy atom. The Morgan fingerprint density at radius 1 is 1.17 bits per heavy atom. The van der Waals surface area contributed by atoms with Crippen LogP contribution in [0.3, 0.4) is 0 Å². The number of anilines is 1. The Bertz CT molecular complexity index is 922. The minimum absolute atomic E-state index is 0.00529. The van der Waals surface area contributed by atoms with E-state index >= 15 is 0 Å². The van der Waals surface area contributed by atoms with E-state index in [4.69, 9.17) is 4.74 Å². The van der Waals surface area contributed by atoms with Crippen molar-refractivity contribution >= 4 is 23.3 Å². The molecular weight excluding hydrogens is 386 g/mol. The van der Waals surface area contributed by atoms with Crippen LogP contribution in [-0.2, 0) is 16.1 Å². The second-order valence-electron chi connectivity index (χ2n) is 7.87. The van der Waals surface area contributed by atoms with Gasteiger partial charge in [-0.1, -0.05) is 30.3 Å². The van der Waals surface area contributed by atoms with E-state index in [1.807, 2.05) is 51.1 Å². The van der Waals surface area contributed by atoms with Gasteiger partial charge in [0.05, 0.1) is 10.5 Å². The van der Waals surface area contributed by atoms with Gasteiger partial charge in [-0.3, -0.25) is 14.9 Å². The fourth-order valence-electron chi connectivity index (χ4n) is 2.93. The number of carbonyl (C=O) groups excluding carboxylic acids is 2. The number of nitrogens with zero attached hydrogens (tertiary/aromatic N) is 2. The Kier molecular flexibility index (Phi) is 7.15. The molecule has 0 saturated heterocycles. The van der Waals surface area contributed by atoms with Crippen LogP contribution in [0.1, 0.15) is 43.6 Å². The third-order valence-electron chi connectivity index (χ3n) is 4.59. The van der Waals surface area contributed by atoms with Gasteiger partial charge in [-0.15, -0.1) is 0 Å². The number of amides is 1. The molecule has 0 aliphatic rings. The van der Waals surface area contributed by atoms with Crippen molar-refractivity contribution in [3.05, 3.63) is 69.8 Å². The smallest absolute Gasteiger partial charge is 0.339 e. The van der Waals surface area contributed by atoms with Crippen molar-refractivity contribution in [2.75, 3.05) is 12.4 Å². The van der Waals surface area contributed by atoms with E-state index < -0.39 is 22.5 Å². The van der Waals surface area contributed by atoms with Gasteiger partial charge in [0.2, 0.25) is 0 Å². The number of carbonyl (C=O) groups is 2. The summed E-state index contributed by atoms with van der Waals surface area (Å²) in [7, 11) is 1.55. The minimum atomic E-state index is -1.05. The van der Waals surface area contributed by atoms with Gasteiger partial charge < -0.3 is 15.0 Å². The van der Waals surface area contributed by atoms with E-state index in [9.17, 15) is 19.7 Å². The molecule has 2 aromatic carbocycles. The lowest BCUT2D eigenvalue weighted by Crippen LogP contribution is -2.49. The van der Waals surface area contributed by atoms with E-state index in [0.29, 0.717) is 6.54 Å². The van der Waals surface area contributed by atoms with Gasteiger partial charge in [0.25, 0.3) is 11.6 Å². The van der Waals surface area contributed by atoms with Crippen LogP contribution in [0.2, 0.25) is 0 Å². The van der Waals surface area contributed by atoms with Crippen LogP contribution >= 0.6 is 0 Å². The average molecular weight is 413 g/mol. The zero-order chi connectivity index (χ0) is 22.5. The molecule has 0 fully saturated rings. The second-order valence-corrected chi connectivity index (χ2v) is 7.87. The Balaban J connectivity index is 2.19. The normalized spacial score (nSPS) is 12.0. The second kappa shape index (κ2) is 9.39. The number of nitro groups is 1. The lowest BCUT2D eigenvalue weighted by molar-refractivity contribution is -0.384. The van der Waals surface area contributed by atoms with Crippen molar-refractivity contribution in [2.45, 2.75) is 45.9 Å². The van der Waals surface area contributed by atoms with Crippen molar-refractivity contribution in [3.63, 3.8) is 0 Å². The molecule has 0 aliphatic heterocycles. The van der Waals surface area contributed by atoms with Crippen molar-refractivity contribution < 1.29 is 19.2 Å². The molecule has 160 valence electrons. The first-order valence-electron chi connectivity index (χ1n) is 9.57. The standard InChI is InChI=1S/C22H27N3O5/c1-15(20(26)24(22(2,3)4)14-16-9-7-6-8-10-16)30-21(27)17-11-12-18(23-5)19(13-17)25(28)29/h6-13,15,23H,14H2,1-5H3/t15-/m1/s1. The van der Waals surface area contributed by atoms with Crippen molar-refractivity contribution in [2.24, 2.45) is 0 Å². The highest BCUT2D eigenvalue weighted by Crippen LogP contribution is 2.26. The average Bonchev–Trinajstić information content (AvgIpc) is 2.70. The van der Waals surface area contributed by atoms with Crippen molar-refractivity contribution in [3.8, 4) is 0 Å². The van der Waals surface area contributed by atoms with E-state index in [2.05, 4.69) is 5.32 Å². The molecule has 0 bridgehead atoms. The maximum absolute atomic E-state index is 13.1. The summed E-state index contributed by atoms with van der Waals surface area (Å²) in [4.78, 5) is 37.9. The summed E-state index contributed by atoms with van der Waals surface area (Å²) in [6, 6.07) is 13.5. The molecular formula is C22H27N3O5. The summed E-state index contributed by atoms with van der Waals surface area (Å²) in [5, 5.41) is 13.9. The molecule has 2 rings (SSSR count). The van der Waals surface area contributed by atoms with Gasteiger partial charge in [0.15, 0.2) is 6.10 Å². The maximum Gasteiger partial charge on any atom is 0.339 e. The van der Waals surface area contributed by atoms with Crippen LogP contribution in [0, 0.1) is 10.1 Å². The highest BCUT2D eigenvalue weighted by atomic mass is 16.6. The molecule has 30 heavy (non-hydrogen) atoms. The van der Waals surface area contributed by atoms with Gasteiger partial charge >= 0.3 is 5.97 Å². The van der Waals surface area contributed by atoms with Crippen LogP contribution in [0.5, 0.6) is 0 Å². The van der Waals surface area contributed by atoms with Gasteiger partial charge in [-0.05, 0) is 45.4 Å². The summed E-state index contributed by atoms with van der Waals surface area (Å²) in [6.07, 6.45) is -1.05. The largest absolute Gasteiger partial charge is 0.449 e. The number of esters is 1. The predicted octanol–water partition coefficient (Wildman–Crippen LogP) is 4.01. The molecule has 0 unspecified atom stereocenters. The maximum atomic E-state index is 13.1. The third kappa shape index (κ3) is 5.56. The first-order chi connectivity index (χ1) is 14.0. The number of benzene rings is 2. The zero-order valence-corrected chi connectivity index (χ0v) is 17.8. The Hall–Kier alpha value is -3.42. The molecule has 1 atom stereocenters. The van der Waals surface area contributed by atoms with Crippen LogP contribution in [0.4, 0.5) is 11.4 Å². The number of nitro benzene ring substituents is 1. The molecule has 0 heterocycles. The summed E-state index contributed by atoms with van der Waals surface area (Å²) < 4.78 is 5.35. The minimum Gasteiger partial charge on any atom is -0.449 e. The summed E-state index contributed by atoms with van der Waals surface area (Å²) in [6.45, 7) is 7.58. The van der Waals surface area contributed by atoms with Crippen LogP contribution in [0.15, 0.2) is 48.5 Å². The molecule has 0 aliphatic carbocycles. The molecule has 0 aromatic heterocycles. The summed E-state index contributed by atoms with van der Waals surface area (Å²) in [5.41, 5.74) is 0.498. The first-order valence-corrected chi connectivity index (χ1v) is 9.57. The van der Waals surface area contributed by atoms with Gasteiger partial charge in [0.1, 0.15) is 5.69 Å². The number of hydrogen-bond donors (Lipinski definition) is 1. The van der Waals surface area contributed by atoms with Gasteiger partial charge in [-0.25, -0.2) is 4.79 Å². The molecule has 8 nitrogen and oxygen atoms in total. The highest BCUT2D eigenvalue weighted by molar-refractivity contribution is 5.93. The first kappa shape index (κ1) is 22.9. The Morgan fingerprint density at radius 3 is 2.33 bits per heavy atom. The lowest BCUT2D eigenvalue weighted by atomic mass is 10.0. The van der Waals surface area contributed by atoms with Crippen LogP contribution in [-0.4, -0.2) is 40.4 Å². The fourth-order valence-corrected chi connectivity index (χ4v) is 2.93. The fraction of sp³-hybridized carbons (Fsp3) is 0.364. The summed E-state index contributed by atoms with van der Waals surface area (Å²) >= 11 is 0.